The quantitative estimate of drug-likeness (QED) is 0.463. The summed E-state index contributed by atoms with van der Waals surface area (Å²) in [5.74, 6) is -0.765. The Bertz CT molecular complexity index is 1220. The van der Waals surface area contributed by atoms with Gasteiger partial charge in [-0.2, -0.15) is 0 Å². The molecule has 0 bridgehead atoms. The number of hydrogen-bond donors (Lipinski definition) is 1. The molecule has 0 fully saturated rings. The van der Waals surface area contributed by atoms with Crippen LogP contribution in [0, 0.1) is 19.7 Å². The van der Waals surface area contributed by atoms with E-state index in [0.29, 0.717) is 34.9 Å². The second kappa shape index (κ2) is 9.40. The van der Waals surface area contributed by atoms with Crippen molar-refractivity contribution in [3.8, 4) is 5.75 Å². The van der Waals surface area contributed by atoms with Crippen molar-refractivity contribution in [1.29, 1.82) is 0 Å². The van der Waals surface area contributed by atoms with E-state index in [-0.39, 0.29) is 28.7 Å². The van der Waals surface area contributed by atoms with Gasteiger partial charge in [0.25, 0.3) is 10.0 Å². The largest absolute Gasteiger partial charge is 0.490 e. The Labute approximate surface area is 189 Å². The molecule has 0 unspecified atom stereocenters. The van der Waals surface area contributed by atoms with Gasteiger partial charge in [-0.05, 0) is 44.0 Å². The van der Waals surface area contributed by atoms with E-state index in [1.54, 1.807) is 19.1 Å². The van der Waals surface area contributed by atoms with Crippen molar-refractivity contribution in [2.75, 3.05) is 18.5 Å². The minimum Gasteiger partial charge on any atom is -0.490 e. The summed E-state index contributed by atoms with van der Waals surface area (Å²) in [4.78, 5) is 11.4. The molecule has 166 valence electrons. The minimum absolute atomic E-state index is 0.0533. The molecular formula is C22H24BrFN2O4S. The summed E-state index contributed by atoms with van der Waals surface area (Å²) in [5, 5.41) is 3.83. The first-order chi connectivity index (χ1) is 14.7. The van der Waals surface area contributed by atoms with E-state index < -0.39 is 15.8 Å². The zero-order valence-corrected chi connectivity index (χ0v) is 19.9. The SMILES string of the molecule is CC(=O)NCCc1c(C)n(S(=O)(=O)c2ccc(C)cc2)c2cc(F)c(OCCBr)cc12. The van der Waals surface area contributed by atoms with E-state index in [4.69, 9.17) is 4.74 Å². The molecule has 31 heavy (non-hydrogen) atoms. The van der Waals surface area contributed by atoms with Gasteiger partial charge in [-0.15, -0.1) is 0 Å². The molecule has 0 aliphatic carbocycles. The molecule has 0 aliphatic heterocycles. The molecule has 0 aliphatic rings. The van der Waals surface area contributed by atoms with Crippen LogP contribution in [0.3, 0.4) is 0 Å². The standard InChI is InChI=1S/C22H24BrFN2O4S/c1-14-4-6-17(7-5-14)31(28,29)26-15(2)18(8-10-25-16(3)27)19-12-22(30-11-9-23)20(24)13-21(19)26/h4-7,12-13H,8-11H2,1-3H3,(H,25,27). The normalized spacial score (nSPS) is 11.6. The number of carbonyl (C=O) groups excluding carboxylic acids is 1. The first-order valence-electron chi connectivity index (χ1n) is 9.75. The Morgan fingerprint density at radius 3 is 2.48 bits per heavy atom. The summed E-state index contributed by atoms with van der Waals surface area (Å²) < 4.78 is 48.4. The van der Waals surface area contributed by atoms with Crippen molar-refractivity contribution < 1.29 is 22.3 Å². The molecule has 1 amide bonds. The maximum atomic E-state index is 14.8. The molecular weight excluding hydrogens is 487 g/mol. The van der Waals surface area contributed by atoms with Crippen LogP contribution in [0.2, 0.25) is 0 Å². The van der Waals surface area contributed by atoms with Crippen molar-refractivity contribution in [2.45, 2.75) is 32.1 Å². The average molecular weight is 511 g/mol. The van der Waals surface area contributed by atoms with Gasteiger partial charge in [0.15, 0.2) is 11.6 Å². The van der Waals surface area contributed by atoms with Crippen LogP contribution in [0.25, 0.3) is 10.9 Å². The van der Waals surface area contributed by atoms with Crippen LogP contribution in [0.1, 0.15) is 23.7 Å². The zero-order valence-electron chi connectivity index (χ0n) is 17.5. The van der Waals surface area contributed by atoms with Crippen LogP contribution < -0.4 is 10.1 Å². The third-order valence-corrected chi connectivity index (χ3v) is 7.12. The Hall–Kier alpha value is -2.39. The molecule has 9 heteroatoms. The smallest absolute Gasteiger partial charge is 0.268 e. The van der Waals surface area contributed by atoms with Crippen LogP contribution in [-0.2, 0) is 21.2 Å². The topological polar surface area (TPSA) is 77.4 Å². The number of aromatic nitrogens is 1. The molecule has 0 atom stereocenters. The average Bonchev–Trinajstić information content (AvgIpc) is 2.97. The van der Waals surface area contributed by atoms with Gasteiger partial charge in [0, 0.05) is 35.9 Å². The van der Waals surface area contributed by atoms with Crippen LogP contribution in [-0.4, -0.2) is 36.8 Å². The second-order valence-electron chi connectivity index (χ2n) is 7.22. The Morgan fingerprint density at radius 2 is 1.87 bits per heavy atom. The summed E-state index contributed by atoms with van der Waals surface area (Å²) in [6.07, 6.45) is 0.391. The Morgan fingerprint density at radius 1 is 1.19 bits per heavy atom. The van der Waals surface area contributed by atoms with Crippen molar-refractivity contribution in [1.82, 2.24) is 9.29 Å². The monoisotopic (exact) mass is 510 g/mol. The first-order valence-corrected chi connectivity index (χ1v) is 12.3. The lowest BCUT2D eigenvalue weighted by Crippen LogP contribution is -2.22. The molecule has 0 radical (unpaired) electrons. The summed E-state index contributed by atoms with van der Waals surface area (Å²) in [7, 11) is -3.97. The highest BCUT2D eigenvalue weighted by atomic mass is 79.9. The van der Waals surface area contributed by atoms with E-state index in [1.165, 1.54) is 35.2 Å². The van der Waals surface area contributed by atoms with Crippen LogP contribution in [0.15, 0.2) is 41.3 Å². The number of carbonyl (C=O) groups is 1. The fourth-order valence-corrected chi connectivity index (χ4v) is 5.25. The van der Waals surface area contributed by atoms with Crippen LogP contribution in [0.4, 0.5) is 4.39 Å². The number of nitrogens with one attached hydrogen (secondary N) is 1. The summed E-state index contributed by atoms with van der Waals surface area (Å²) in [6, 6.07) is 9.24. The molecule has 6 nitrogen and oxygen atoms in total. The molecule has 1 N–H and O–H groups in total. The lowest BCUT2D eigenvalue weighted by Gasteiger charge is -2.11. The van der Waals surface area contributed by atoms with Crippen molar-refractivity contribution in [3.63, 3.8) is 0 Å². The number of hydrogen-bond acceptors (Lipinski definition) is 4. The number of rotatable bonds is 8. The van der Waals surface area contributed by atoms with Gasteiger partial charge >= 0.3 is 0 Å². The minimum atomic E-state index is -3.97. The molecule has 0 saturated carbocycles. The molecule has 1 aromatic heterocycles. The summed E-state index contributed by atoms with van der Waals surface area (Å²) in [5.41, 5.74) is 2.35. The van der Waals surface area contributed by atoms with Gasteiger partial charge in [0.1, 0.15) is 0 Å². The second-order valence-corrected chi connectivity index (χ2v) is 9.80. The number of aryl methyl sites for hydroxylation is 1. The third kappa shape index (κ3) is 4.77. The van der Waals surface area contributed by atoms with Crippen LogP contribution >= 0.6 is 15.9 Å². The van der Waals surface area contributed by atoms with Gasteiger partial charge in [-0.1, -0.05) is 33.6 Å². The number of fused-ring (bicyclic) bond motifs is 1. The first kappa shape index (κ1) is 23.3. The molecule has 3 aromatic rings. The number of nitrogens with zero attached hydrogens (tertiary/aromatic N) is 1. The highest BCUT2D eigenvalue weighted by Crippen LogP contribution is 2.34. The summed E-state index contributed by atoms with van der Waals surface area (Å²) >= 11 is 3.25. The number of amides is 1. The van der Waals surface area contributed by atoms with Crippen molar-refractivity contribution in [2.24, 2.45) is 0 Å². The Kier molecular flexibility index (Phi) is 7.06. The molecule has 0 spiro atoms. The molecule has 0 saturated heterocycles. The van der Waals surface area contributed by atoms with Gasteiger partial charge in [0.2, 0.25) is 5.91 Å². The third-order valence-electron chi connectivity index (χ3n) is 4.98. The maximum absolute atomic E-state index is 14.8. The maximum Gasteiger partial charge on any atom is 0.268 e. The van der Waals surface area contributed by atoms with E-state index in [0.717, 1.165) is 5.56 Å². The fraction of sp³-hybridized carbons (Fsp3) is 0.318. The van der Waals surface area contributed by atoms with Gasteiger partial charge in [0.05, 0.1) is 17.0 Å². The number of alkyl halides is 1. The zero-order chi connectivity index (χ0) is 22.8. The highest BCUT2D eigenvalue weighted by Gasteiger charge is 2.26. The van der Waals surface area contributed by atoms with Gasteiger partial charge in [-0.25, -0.2) is 16.8 Å². The number of ether oxygens (including phenoxy) is 1. The molecule has 3 rings (SSSR count). The van der Waals surface area contributed by atoms with Crippen LogP contribution in [0.5, 0.6) is 5.75 Å². The lowest BCUT2D eigenvalue weighted by molar-refractivity contribution is -0.118. The van der Waals surface area contributed by atoms with Gasteiger partial charge in [-0.3, -0.25) is 4.79 Å². The predicted octanol–water partition coefficient (Wildman–Crippen LogP) is 4.09. The van der Waals surface area contributed by atoms with E-state index in [1.807, 2.05) is 6.92 Å². The summed E-state index contributed by atoms with van der Waals surface area (Å²) in [6.45, 7) is 5.57. The molecule has 1 heterocycles. The Balaban J connectivity index is 2.22. The van der Waals surface area contributed by atoms with Crippen molar-refractivity contribution >= 4 is 42.8 Å². The van der Waals surface area contributed by atoms with Gasteiger partial charge < -0.3 is 10.1 Å². The molecule has 2 aromatic carbocycles. The van der Waals surface area contributed by atoms with Crippen molar-refractivity contribution in [3.05, 3.63) is 59.0 Å². The fourth-order valence-electron chi connectivity index (χ4n) is 3.51. The number of benzene rings is 2. The predicted molar refractivity (Wildman–Crippen MR) is 122 cm³/mol. The number of halogens is 2. The van der Waals surface area contributed by atoms with E-state index in [9.17, 15) is 17.6 Å². The van der Waals surface area contributed by atoms with E-state index >= 15 is 0 Å². The van der Waals surface area contributed by atoms with E-state index in [2.05, 4.69) is 21.2 Å². The highest BCUT2D eigenvalue weighted by molar-refractivity contribution is 9.09. The lowest BCUT2D eigenvalue weighted by atomic mass is 10.1.